The molecule has 1 aliphatic carbocycles. The Morgan fingerprint density at radius 1 is 1.00 bits per heavy atom. The molecule has 0 bridgehead atoms. The van der Waals surface area contributed by atoms with Gasteiger partial charge in [-0.15, -0.1) is 0 Å². The lowest BCUT2D eigenvalue weighted by Gasteiger charge is -2.20. The molecule has 3 rings (SSSR count). The van der Waals surface area contributed by atoms with Gasteiger partial charge in [-0.1, -0.05) is 25.3 Å². The van der Waals surface area contributed by atoms with Crippen LogP contribution in [0.1, 0.15) is 32.1 Å². The smallest absolute Gasteiger partial charge is 0.223 e. The Morgan fingerprint density at radius 2 is 1.84 bits per heavy atom. The lowest BCUT2D eigenvalue weighted by Crippen LogP contribution is -2.35. The second-order valence-corrected chi connectivity index (χ2v) is 6.18. The van der Waals surface area contributed by atoms with E-state index in [0.717, 1.165) is 18.7 Å². The van der Waals surface area contributed by atoms with E-state index in [9.17, 15) is 4.79 Å². The summed E-state index contributed by atoms with van der Waals surface area (Å²) < 4.78 is 0. The number of aromatic nitrogens is 3. The fraction of sp³-hybridized carbons (Fsp3) is 0.444. The van der Waals surface area contributed by atoms with Crippen molar-refractivity contribution in [2.24, 2.45) is 5.92 Å². The van der Waals surface area contributed by atoms with E-state index in [1.165, 1.54) is 25.6 Å². The largest absolute Gasteiger partial charge is 0.368 e. The standard InChI is InChI=1S/C18H24N6O/c25-18(14-6-2-1-3-7-14)21-11-10-20-16-12-17(23-13-22-16)24-15-8-4-5-9-19-15/h4-5,8-9,12-14H,1-3,6-7,10-11H2,(H,21,25)(H2,19,20,22,23,24). The Kier molecular flexibility index (Phi) is 6.14. The fourth-order valence-electron chi connectivity index (χ4n) is 2.98. The number of nitrogens with one attached hydrogen (secondary N) is 3. The van der Waals surface area contributed by atoms with Crippen molar-refractivity contribution in [1.29, 1.82) is 0 Å². The van der Waals surface area contributed by atoms with Crippen molar-refractivity contribution >= 4 is 23.4 Å². The van der Waals surface area contributed by atoms with Gasteiger partial charge in [0.1, 0.15) is 23.8 Å². The Balaban J connectivity index is 1.42. The van der Waals surface area contributed by atoms with Crippen LogP contribution in [0, 0.1) is 5.92 Å². The van der Waals surface area contributed by atoms with Crippen LogP contribution in [0.4, 0.5) is 17.5 Å². The third-order valence-corrected chi connectivity index (χ3v) is 4.29. The molecule has 2 aromatic rings. The molecule has 7 heteroatoms. The van der Waals surface area contributed by atoms with Crippen LogP contribution in [0.2, 0.25) is 0 Å². The number of nitrogens with zero attached hydrogens (tertiary/aromatic N) is 3. The minimum Gasteiger partial charge on any atom is -0.368 e. The molecule has 2 heterocycles. The maximum absolute atomic E-state index is 12.1. The molecular formula is C18H24N6O. The molecule has 3 N–H and O–H groups in total. The van der Waals surface area contributed by atoms with E-state index in [0.29, 0.717) is 24.7 Å². The van der Waals surface area contributed by atoms with Gasteiger partial charge in [-0.25, -0.2) is 15.0 Å². The summed E-state index contributed by atoms with van der Waals surface area (Å²) in [4.78, 5) is 24.7. The number of pyridine rings is 1. The summed E-state index contributed by atoms with van der Waals surface area (Å²) in [5, 5.41) is 9.33. The highest BCUT2D eigenvalue weighted by molar-refractivity contribution is 5.78. The predicted octanol–water partition coefficient (Wildman–Crippen LogP) is 2.72. The van der Waals surface area contributed by atoms with Gasteiger partial charge >= 0.3 is 0 Å². The van der Waals surface area contributed by atoms with Crippen molar-refractivity contribution in [2.75, 3.05) is 23.7 Å². The molecule has 1 amide bonds. The first-order valence-electron chi connectivity index (χ1n) is 8.83. The van der Waals surface area contributed by atoms with Crippen LogP contribution in [0.25, 0.3) is 0 Å². The Hall–Kier alpha value is -2.70. The molecule has 0 unspecified atom stereocenters. The molecule has 0 saturated heterocycles. The van der Waals surface area contributed by atoms with Crippen molar-refractivity contribution in [3.8, 4) is 0 Å². The second kappa shape index (κ2) is 8.96. The molecule has 2 aromatic heterocycles. The monoisotopic (exact) mass is 340 g/mol. The van der Waals surface area contributed by atoms with Gasteiger partial charge in [-0.3, -0.25) is 4.79 Å². The molecule has 7 nitrogen and oxygen atoms in total. The van der Waals surface area contributed by atoms with Gasteiger partial charge in [0.2, 0.25) is 5.91 Å². The van der Waals surface area contributed by atoms with Gasteiger partial charge in [0.25, 0.3) is 0 Å². The highest BCUT2D eigenvalue weighted by Gasteiger charge is 2.20. The topological polar surface area (TPSA) is 91.8 Å². The van der Waals surface area contributed by atoms with Gasteiger partial charge in [0, 0.05) is 31.3 Å². The van der Waals surface area contributed by atoms with Crippen molar-refractivity contribution < 1.29 is 4.79 Å². The molecule has 0 aromatic carbocycles. The summed E-state index contributed by atoms with van der Waals surface area (Å²) in [7, 11) is 0. The normalized spacial score (nSPS) is 14.7. The van der Waals surface area contributed by atoms with Crippen molar-refractivity contribution in [3.63, 3.8) is 0 Å². The van der Waals surface area contributed by atoms with Crippen molar-refractivity contribution in [1.82, 2.24) is 20.3 Å². The van der Waals surface area contributed by atoms with Gasteiger partial charge in [-0.05, 0) is 25.0 Å². The van der Waals surface area contributed by atoms with Gasteiger partial charge in [-0.2, -0.15) is 0 Å². The Labute approximate surface area is 147 Å². The first-order valence-corrected chi connectivity index (χ1v) is 8.83. The SMILES string of the molecule is O=C(NCCNc1cc(Nc2ccccn2)ncn1)C1CCCCC1. The summed E-state index contributed by atoms with van der Waals surface area (Å²) in [6, 6.07) is 7.46. The third-order valence-electron chi connectivity index (χ3n) is 4.29. The van der Waals surface area contributed by atoms with E-state index in [1.54, 1.807) is 6.20 Å². The predicted molar refractivity (Wildman–Crippen MR) is 97.6 cm³/mol. The number of hydrogen-bond donors (Lipinski definition) is 3. The zero-order valence-corrected chi connectivity index (χ0v) is 14.2. The first-order chi connectivity index (χ1) is 12.3. The van der Waals surface area contributed by atoms with Gasteiger partial charge in [0.15, 0.2) is 0 Å². The van der Waals surface area contributed by atoms with Crippen LogP contribution in [0.15, 0.2) is 36.8 Å². The maximum Gasteiger partial charge on any atom is 0.223 e. The van der Waals surface area contributed by atoms with E-state index >= 15 is 0 Å². The molecule has 1 saturated carbocycles. The van der Waals surface area contributed by atoms with E-state index < -0.39 is 0 Å². The lowest BCUT2D eigenvalue weighted by atomic mass is 9.89. The van der Waals surface area contributed by atoms with Crippen LogP contribution in [0.3, 0.4) is 0 Å². The average Bonchev–Trinajstić information content (AvgIpc) is 2.67. The minimum absolute atomic E-state index is 0.182. The molecular weight excluding hydrogens is 316 g/mol. The van der Waals surface area contributed by atoms with Gasteiger partial charge in [0.05, 0.1) is 0 Å². The molecule has 0 spiro atoms. The lowest BCUT2D eigenvalue weighted by molar-refractivity contribution is -0.125. The average molecular weight is 340 g/mol. The maximum atomic E-state index is 12.1. The molecule has 0 radical (unpaired) electrons. The molecule has 1 aliphatic rings. The summed E-state index contributed by atoms with van der Waals surface area (Å²) in [6.45, 7) is 1.21. The highest BCUT2D eigenvalue weighted by atomic mass is 16.1. The number of carbonyl (C=O) groups excluding carboxylic acids is 1. The van der Waals surface area contributed by atoms with E-state index in [4.69, 9.17) is 0 Å². The zero-order valence-electron chi connectivity index (χ0n) is 14.2. The molecule has 132 valence electrons. The summed E-state index contributed by atoms with van der Waals surface area (Å²) in [6.07, 6.45) is 8.86. The summed E-state index contributed by atoms with van der Waals surface area (Å²) >= 11 is 0. The second-order valence-electron chi connectivity index (χ2n) is 6.18. The molecule has 0 aliphatic heterocycles. The fourth-order valence-corrected chi connectivity index (χ4v) is 2.98. The molecule has 1 fully saturated rings. The number of hydrogen-bond acceptors (Lipinski definition) is 6. The third kappa shape index (κ3) is 5.41. The first kappa shape index (κ1) is 17.1. The number of rotatable bonds is 7. The number of carbonyl (C=O) groups is 1. The van der Waals surface area contributed by atoms with Crippen LogP contribution >= 0.6 is 0 Å². The molecule has 25 heavy (non-hydrogen) atoms. The Bertz CT molecular complexity index is 672. The van der Waals surface area contributed by atoms with E-state index in [2.05, 4.69) is 30.9 Å². The Morgan fingerprint density at radius 3 is 2.64 bits per heavy atom. The number of anilines is 3. The van der Waals surface area contributed by atoms with Crippen molar-refractivity contribution in [3.05, 3.63) is 36.8 Å². The van der Waals surface area contributed by atoms with Crippen LogP contribution in [0.5, 0.6) is 0 Å². The van der Waals surface area contributed by atoms with Crippen LogP contribution in [-0.4, -0.2) is 33.9 Å². The molecule has 0 atom stereocenters. The van der Waals surface area contributed by atoms with E-state index in [1.807, 2.05) is 24.3 Å². The highest BCUT2D eigenvalue weighted by Crippen LogP contribution is 2.23. The van der Waals surface area contributed by atoms with Crippen LogP contribution < -0.4 is 16.0 Å². The van der Waals surface area contributed by atoms with Gasteiger partial charge < -0.3 is 16.0 Å². The summed E-state index contributed by atoms with van der Waals surface area (Å²) in [5.74, 6) is 2.48. The summed E-state index contributed by atoms with van der Waals surface area (Å²) in [5.41, 5.74) is 0. The van der Waals surface area contributed by atoms with Crippen LogP contribution in [-0.2, 0) is 4.79 Å². The van der Waals surface area contributed by atoms with E-state index in [-0.39, 0.29) is 11.8 Å². The zero-order chi connectivity index (χ0) is 17.3. The quantitative estimate of drug-likeness (QED) is 0.671. The van der Waals surface area contributed by atoms with Crippen molar-refractivity contribution in [2.45, 2.75) is 32.1 Å². The number of amides is 1. The minimum atomic E-state index is 0.182.